The number of piperazine rings is 1. The largest absolute Gasteiger partial charge is 0.337 e. The van der Waals surface area contributed by atoms with Crippen LogP contribution < -0.4 is 10.2 Å². The SMILES string of the molecule is C[C@@H]1CN(c2n[nH]c(-c3cccc([N+](=O)[O-])c3)n2)CCN1. The number of anilines is 1. The van der Waals surface area contributed by atoms with E-state index in [4.69, 9.17) is 0 Å². The molecule has 110 valence electrons. The fraction of sp³-hybridized carbons (Fsp3) is 0.385. The molecule has 21 heavy (non-hydrogen) atoms. The molecule has 1 aromatic heterocycles. The van der Waals surface area contributed by atoms with Crippen molar-refractivity contribution < 1.29 is 4.92 Å². The van der Waals surface area contributed by atoms with Gasteiger partial charge in [-0.25, -0.2) is 0 Å². The second-order valence-electron chi connectivity index (χ2n) is 5.09. The second kappa shape index (κ2) is 5.49. The van der Waals surface area contributed by atoms with Gasteiger partial charge in [0, 0.05) is 43.4 Å². The van der Waals surface area contributed by atoms with E-state index in [9.17, 15) is 10.1 Å². The summed E-state index contributed by atoms with van der Waals surface area (Å²) >= 11 is 0. The average molecular weight is 288 g/mol. The van der Waals surface area contributed by atoms with Gasteiger partial charge in [-0.1, -0.05) is 12.1 Å². The molecule has 2 heterocycles. The summed E-state index contributed by atoms with van der Waals surface area (Å²) in [6, 6.07) is 6.75. The number of aromatic nitrogens is 3. The zero-order chi connectivity index (χ0) is 14.8. The summed E-state index contributed by atoms with van der Waals surface area (Å²) < 4.78 is 0. The molecule has 8 heteroatoms. The summed E-state index contributed by atoms with van der Waals surface area (Å²) in [5, 5.41) is 21.2. The Hall–Kier alpha value is -2.48. The number of aromatic amines is 1. The number of non-ortho nitro benzene ring substituents is 1. The van der Waals surface area contributed by atoms with Crippen molar-refractivity contribution in [3.8, 4) is 11.4 Å². The summed E-state index contributed by atoms with van der Waals surface area (Å²) in [5.74, 6) is 1.17. The smallest absolute Gasteiger partial charge is 0.270 e. The number of H-pyrrole nitrogens is 1. The number of hydrogen-bond acceptors (Lipinski definition) is 6. The number of nitrogens with zero attached hydrogens (tertiary/aromatic N) is 4. The molecule has 1 aromatic carbocycles. The molecular formula is C13H16N6O2. The maximum atomic E-state index is 10.8. The minimum atomic E-state index is -0.418. The first kappa shape index (κ1) is 13.5. The van der Waals surface area contributed by atoms with Crippen LogP contribution in [0.2, 0.25) is 0 Å². The Balaban J connectivity index is 1.84. The minimum Gasteiger partial charge on any atom is -0.337 e. The molecule has 1 saturated heterocycles. The Labute approximate surface area is 121 Å². The summed E-state index contributed by atoms with van der Waals surface area (Å²) in [4.78, 5) is 16.9. The second-order valence-corrected chi connectivity index (χ2v) is 5.09. The first-order chi connectivity index (χ1) is 10.1. The Bertz CT molecular complexity index is 656. The van der Waals surface area contributed by atoms with Crippen molar-refractivity contribution in [2.45, 2.75) is 13.0 Å². The first-order valence-corrected chi connectivity index (χ1v) is 6.79. The van der Waals surface area contributed by atoms with Gasteiger partial charge in [-0.15, -0.1) is 5.10 Å². The van der Waals surface area contributed by atoms with Crippen molar-refractivity contribution in [1.82, 2.24) is 20.5 Å². The van der Waals surface area contributed by atoms with E-state index in [1.54, 1.807) is 12.1 Å². The van der Waals surface area contributed by atoms with Crippen LogP contribution in [0.1, 0.15) is 6.92 Å². The zero-order valence-corrected chi connectivity index (χ0v) is 11.6. The van der Waals surface area contributed by atoms with Crippen LogP contribution in [0.3, 0.4) is 0 Å². The number of rotatable bonds is 3. The number of nitrogens with one attached hydrogen (secondary N) is 2. The number of nitro benzene ring substituents is 1. The molecule has 2 N–H and O–H groups in total. The van der Waals surface area contributed by atoms with Crippen molar-refractivity contribution in [2.24, 2.45) is 0 Å². The Morgan fingerprint density at radius 3 is 3.10 bits per heavy atom. The third-order valence-corrected chi connectivity index (χ3v) is 3.46. The molecule has 0 amide bonds. The van der Waals surface area contributed by atoms with Crippen LogP contribution in [0, 0.1) is 10.1 Å². The van der Waals surface area contributed by atoms with Crippen molar-refractivity contribution in [3.05, 3.63) is 34.4 Å². The predicted octanol–water partition coefficient (Wildman–Crippen LogP) is 1.18. The van der Waals surface area contributed by atoms with Crippen LogP contribution in [0.5, 0.6) is 0 Å². The highest BCUT2D eigenvalue weighted by molar-refractivity contribution is 5.60. The molecule has 1 fully saturated rings. The van der Waals surface area contributed by atoms with E-state index >= 15 is 0 Å². The number of benzene rings is 1. The first-order valence-electron chi connectivity index (χ1n) is 6.79. The van der Waals surface area contributed by atoms with Crippen molar-refractivity contribution >= 4 is 11.6 Å². The predicted molar refractivity (Wildman–Crippen MR) is 78.2 cm³/mol. The highest BCUT2D eigenvalue weighted by atomic mass is 16.6. The topological polar surface area (TPSA) is 100.0 Å². The minimum absolute atomic E-state index is 0.0428. The Kier molecular flexibility index (Phi) is 3.53. The molecule has 0 saturated carbocycles. The normalized spacial score (nSPS) is 18.7. The molecule has 8 nitrogen and oxygen atoms in total. The van der Waals surface area contributed by atoms with Gasteiger partial charge < -0.3 is 10.2 Å². The monoisotopic (exact) mass is 288 g/mol. The van der Waals surface area contributed by atoms with Gasteiger partial charge in [-0.05, 0) is 6.92 Å². The van der Waals surface area contributed by atoms with Crippen LogP contribution in [0.25, 0.3) is 11.4 Å². The maximum Gasteiger partial charge on any atom is 0.270 e. The highest BCUT2D eigenvalue weighted by Gasteiger charge is 2.20. The van der Waals surface area contributed by atoms with E-state index in [0.717, 1.165) is 19.6 Å². The zero-order valence-electron chi connectivity index (χ0n) is 11.6. The lowest BCUT2D eigenvalue weighted by Crippen LogP contribution is -2.49. The van der Waals surface area contributed by atoms with Gasteiger partial charge in [0.1, 0.15) is 0 Å². The summed E-state index contributed by atoms with van der Waals surface area (Å²) in [6.07, 6.45) is 0. The lowest BCUT2D eigenvalue weighted by Gasteiger charge is -2.30. The van der Waals surface area contributed by atoms with Crippen LogP contribution in [-0.2, 0) is 0 Å². The van der Waals surface area contributed by atoms with Crippen LogP contribution in [0.4, 0.5) is 11.6 Å². The molecule has 0 bridgehead atoms. The fourth-order valence-electron chi connectivity index (χ4n) is 2.40. The molecule has 0 aliphatic carbocycles. The van der Waals surface area contributed by atoms with E-state index in [0.29, 0.717) is 23.4 Å². The number of hydrogen-bond donors (Lipinski definition) is 2. The molecule has 1 aliphatic heterocycles. The van der Waals surface area contributed by atoms with E-state index in [1.165, 1.54) is 12.1 Å². The van der Waals surface area contributed by atoms with Gasteiger partial charge in [-0.2, -0.15) is 4.98 Å². The fourth-order valence-corrected chi connectivity index (χ4v) is 2.40. The van der Waals surface area contributed by atoms with Gasteiger partial charge in [0.2, 0.25) is 5.95 Å². The molecule has 1 aliphatic rings. The summed E-state index contributed by atoms with van der Waals surface area (Å²) in [7, 11) is 0. The molecule has 1 atom stereocenters. The molecule has 2 aromatic rings. The Morgan fingerprint density at radius 1 is 1.48 bits per heavy atom. The molecular weight excluding hydrogens is 272 g/mol. The number of nitro groups is 1. The third kappa shape index (κ3) is 2.84. The van der Waals surface area contributed by atoms with Crippen LogP contribution in [0.15, 0.2) is 24.3 Å². The summed E-state index contributed by atoms with van der Waals surface area (Å²) in [5.41, 5.74) is 0.701. The van der Waals surface area contributed by atoms with Gasteiger partial charge in [0.15, 0.2) is 5.82 Å². The average Bonchev–Trinajstić information content (AvgIpc) is 2.97. The lowest BCUT2D eigenvalue weighted by atomic mass is 10.2. The van der Waals surface area contributed by atoms with Crippen LogP contribution >= 0.6 is 0 Å². The Morgan fingerprint density at radius 2 is 2.33 bits per heavy atom. The van der Waals surface area contributed by atoms with E-state index in [1.807, 2.05) is 0 Å². The van der Waals surface area contributed by atoms with Gasteiger partial charge >= 0.3 is 0 Å². The molecule has 3 rings (SSSR count). The molecule has 0 unspecified atom stereocenters. The van der Waals surface area contributed by atoms with Gasteiger partial charge in [0.25, 0.3) is 5.69 Å². The van der Waals surface area contributed by atoms with Gasteiger partial charge in [-0.3, -0.25) is 15.2 Å². The van der Waals surface area contributed by atoms with E-state index < -0.39 is 4.92 Å². The van der Waals surface area contributed by atoms with Crippen molar-refractivity contribution in [3.63, 3.8) is 0 Å². The van der Waals surface area contributed by atoms with Crippen molar-refractivity contribution in [1.29, 1.82) is 0 Å². The van der Waals surface area contributed by atoms with Gasteiger partial charge in [0.05, 0.1) is 4.92 Å². The van der Waals surface area contributed by atoms with Crippen LogP contribution in [-0.4, -0.2) is 45.8 Å². The molecule has 0 radical (unpaired) electrons. The van der Waals surface area contributed by atoms with E-state index in [2.05, 4.69) is 32.3 Å². The third-order valence-electron chi connectivity index (χ3n) is 3.46. The quantitative estimate of drug-likeness (QED) is 0.649. The lowest BCUT2D eigenvalue weighted by molar-refractivity contribution is -0.384. The molecule has 0 spiro atoms. The summed E-state index contributed by atoms with van der Waals surface area (Å²) in [6.45, 7) is 4.69. The highest BCUT2D eigenvalue weighted by Crippen LogP contribution is 2.22. The van der Waals surface area contributed by atoms with E-state index in [-0.39, 0.29) is 5.69 Å². The standard InChI is InChI=1S/C13H16N6O2/c1-9-8-18(6-5-14-9)13-15-12(16-17-13)10-3-2-4-11(7-10)19(20)21/h2-4,7,9,14H,5-6,8H2,1H3,(H,15,16,17)/t9-/m1/s1. The maximum absolute atomic E-state index is 10.8. The van der Waals surface area contributed by atoms with Crippen molar-refractivity contribution in [2.75, 3.05) is 24.5 Å².